The van der Waals surface area contributed by atoms with Crippen molar-refractivity contribution in [3.8, 4) is 0 Å². The van der Waals surface area contributed by atoms with Crippen LogP contribution in [0, 0.1) is 12.7 Å². The summed E-state index contributed by atoms with van der Waals surface area (Å²) in [6.45, 7) is 2.65. The molecule has 1 N–H and O–H groups in total. The van der Waals surface area contributed by atoms with Crippen LogP contribution in [0.25, 0.3) is 0 Å². The van der Waals surface area contributed by atoms with Crippen molar-refractivity contribution >= 4 is 21.8 Å². The van der Waals surface area contributed by atoms with Gasteiger partial charge in [0.25, 0.3) is 0 Å². The molecule has 116 valence electrons. The Morgan fingerprint density at radius 2 is 2.00 bits per heavy atom. The zero-order valence-electron chi connectivity index (χ0n) is 12.5. The van der Waals surface area contributed by atoms with Crippen LogP contribution in [0.15, 0.2) is 46.9 Å². The van der Waals surface area contributed by atoms with Crippen molar-refractivity contribution in [1.29, 1.82) is 0 Å². The number of hydrogen-bond donors (Lipinski definition) is 1. The average Bonchev–Trinajstić information content (AvgIpc) is 2.46. The van der Waals surface area contributed by atoms with Crippen LogP contribution in [0.1, 0.15) is 23.1 Å². The number of carbonyl (C=O) groups is 1. The van der Waals surface area contributed by atoms with Crippen LogP contribution in [0.3, 0.4) is 0 Å². The summed E-state index contributed by atoms with van der Waals surface area (Å²) in [5.41, 5.74) is 2.99. The van der Waals surface area contributed by atoms with Gasteiger partial charge >= 0.3 is 0 Å². The van der Waals surface area contributed by atoms with E-state index in [9.17, 15) is 9.18 Å². The molecule has 0 saturated heterocycles. The lowest BCUT2D eigenvalue weighted by molar-refractivity contribution is -0.121. The van der Waals surface area contributed by atoms with Gasteiger partial charge in [0.1, 0.15) is 5.82 Å². The summed E-state index contributed by atoms with van der Waals surface area (Å²) < 4.78 is 14.4. The number of halogens is 2. The number of nitrogens with one attached hydrogen (secondary N) is 1. The molecule has 0 heterocycles. The third-order valence-corrected chi connectivity index (χ3v) is 3.95. The molecule has 0 aliphatic heterocycles. The van der Waals surface area contributed by atoms with Gasteiger partial charge in [-0.05, 0) is 43.0 Å². The van der Waals surface area contributed by atoms with Gasteiger partial charge in [-0.15, -0.1) is 0 Å². The second-order valence-electron chi connectivity index (χ2n) is 5.32. The van der Waals surface area contributed by atoms with Crippen LogP contribution in [-0.4, -0.2) is 12.5 Å². The summed E-state index contributed by atoms with van der Waals surface area (Å²) in [5, 5.41) is 2.88. The maximum atomic E-state index is 13.7. The monoisotopic (exact) mass is 363 g/mol. The van der Waals surface area contributed by atoms with Gasteiger partial charge in [0.05, 0.1) is 0 Å². The first-order valence-corrected chi connectivity index (χ1v) is 8.10. The predicted octanol–water partition coefficient (Wildman–Crippen LogP) is 4.19. The van der Waals surface area contributed by atoms with Crippen LogP contribution in [0.5, 0.6) is 0 Å². The highest BCUT2D eigenvalue weighted by Gasteiger charge is 2.06. The van der Waals surface area contributed by atoms with Gasteiger partial charge in [0, 0.05) is 17.4 Å². The van der Waals surface area contributed by atoms with Crippen molar-refractivity contribution in [3.05, 3.63) is 69.4 Å². The van der Waals surface area contributed by atoms with Crippen molar-refractivity contribution in [3.63, 3.8) is 0 Å². The minimum absolute atomic E-state index is 0.0463. The molecular formula is C18H19BrFNO. The molecule has 0 fully saturated rings. The Morgan fingerprint density at radius 1 is 1.18 bits per heavy atom. The molecule has 0 aliphatic rings. The van der Waals surface area contributed by atoms with E-state index in [0.717, 1.165) is 6.42 Å². The van der Waals surface area contributed by atoms with Crippen LogP contribution in [0.4, 0.5) is 4.39 Å². The van der Waals surface area contributed by atoms with Crippen LogP contribution in [0.2, 0.25) is 0 Å². The van der Waals surface area contributed by atoms with Gasteiger partial charge in [-0.2, -0.15) is 0 Å². The smallest absolute Gasteiger partial charge is 0.220 e. The first-order valence-electron chi connectivity index (χ1n) is 7.31. The third kappa shape index (κ3) is 5.26. The van der Waals surface area contributed by atoms with E-state index >= 15 is 0 Å². The zero-order valence-corrected chi connectivity index (χ0v) is 14.1. The van der Waals surface area contributed by atoms with E-state index in [1.54, 1.807) is 12.1 Å². The van der Waals surface area contributed by atoms with Gasteiger partial charge in [0.15, 0.2) is 0 Å². The molecule has 0 spiro atoms. The van der Waals surface area contributed by atoms with E-state index in [2.05, 4.69) is 46.4 Å². The fraction of sp³-hybridized carbons (Fsp3) is 0.278. The maximum absolute atomic E-state index is 13.7. The zero-order chi connectivity index (χ0) is 15.9. The summed E-state index contributed by atoms with van der Waals surface area (Å²) in [7, 11) is 0. The second-order valence-corrected chi connectivity index (χ2v) is 6.24. The molecule has 0 aliphatic carbocycles. The number of benzene rings is 2. The lowest BCUT2D eigenvalue weighted by Gasteiger charge is -2.07. The lowest BCUT2D eigenvalue weighted by Crippen LogP contribution is -2.26. The number of rotatable bonds is 6. The summed E-state index contributed by atoms with van der Waals surface area (Å²) >= 11 is 3.22. The average molecular weight is 364 g/mol. The van der Waals surface area contributed by atoms with Gasteiger partial charge in [-0.25, -0.2) is 4.39 Å². The fourth-order valence-electron chi connectivity index (χ4n) is 2.27. The first-order chi connectivity index (χ1) is 10.5. The van der Waals surface area contributed by atoms with Gasteiger partial charge < -0.3 is 5.32 Å². The van der Waals surface area contributed by atoms with Gasteiger partial charge in [-0.3, -0.25) is 4.79 Å². The Labute approximate surface area is 138 Å². The Kier molecular flexibility index (Phi) is 6.13. The number of carbonyl (C=O) groups excluding carboxylic acids is 1. The Hall–Kier alpha value is -1.68. The number of aryl methyl sites for hydroxylation is 2. The lowest BCUT2D eigenvalue weighted by atomic mass is 10.1. The Morgan fingerprint density at radius 3 is 2.73 bits per heavy atom. The van der Waals surface area contributed by atoms with Gasteiger partial charge in [-0.1, -0.05) is 51.8 Å². The van der Waals surface area contributed by atoms with Crippen LogP contribution < -0.4 is 5.32 Å². The van der Waals surface area contributed by atoms with E-state index in [4.69, 9.17) is 0 Å². The molecule has 0 radical (unpaired) electrons. The maximum Gasteiger partial charge on any atom is 0.220 e. The molecule has 2 aromatic rings. The second kappa shape index (κ2) is 8.08. The Bertz CT molecular complexity index is 657. The molecule has 0 atom stereocenters. The SMILES string of the molecule is Cc1cccc(CCNC(=O)CCc2ccc(Br)cc2F)c1. The molecule has 0 unspecified atom stereocenters. The highest BCUT2D eigenvalue weighted by atomic mass is 79.9. The van der Waals surface area contributed by atoms with Crippen molar-refractivity contribution in [2.24, 2.45) is 0 Å². The minimum atomic E-state index is -0.276. The normalized spacial score (nSPS) is 10.5. The highest BCUT2D eigenvalue weighted by molar-refractivity contribution is 9.10. The molecule has 22 heavy (non-hydrogen) atoms. The molecule has 4 heteroatoms. The predicted molar refractivity (Wildman–Crippen MR) is 90.3 cm³/mol. The van der Waals surface area contributed by atoms with E-state index < -0.39 is 0 Å². The quantitative estimate of drug-likeness (QED) is 0.818. The number of amides is 1. The minimum Gasteiger partial charge on any atom is -0.356 e. The molecular weight excluding hydrogens is 345 g/mol. The largest absolute Gasteiger partial charge is 0.356 e. The van der Waals surface area contributed by atoms with Crippen molar-refractivity contribution in [2.45, 2.75) is 26.2 Å². The van der Waals surface area contributed by atoms with E-state index in [1.165, 1.54) is 17.2 Å². The van der Waals surface area contributed by atoms with Crippen LogP contribution in [-0.2, 0) is 17.6 Å². The van der Waals surface area contributed by atoms with Crippen molar-refractivity contribution in [1.82, 2.24) is 5.32 Å². The Balaban J connectivity index is 1.74. The standard InChI is InChI=1S/C18H19BrFNO/c1-13-3-2-4-14(11-13)9-10-21-18(22)8-6-15-5-7-16(19)12-17(15)20/h2-5,7,11-12H,6,8-10H2,1H3,(H,21,22). The van der Waals surface area contributed by atoms with Crippen LogP contribution >= 0.6 is 15.9 Å². The molecule has 0 bridgehead atoms. The molecule has 0 saturated carbocycles. The first kappa shape index (κ1) is 16.7. The summed E-state index contributed by atoms with van der Waals surface area (Å²) in [5.74, 6) is -0.322. The highest BCUT2D eigenvalue weighted by Crippen LogP contribution is 2.16. The fourth-order valence-corrected chi connectivity index (χ4v) is 2.61. The molecule has 1 amide bonds. The molecule has 0 aromatic heterocycles. The third-order valence-electron chi connectivity index (χ3n) is 3.45. The summed E-state index contributed by atoms with van der Waals surface area (Å²) in [6.07, 6.45) is 1.52. The number of hydrogen-bond acceptors (Lipinski definition) is 1. The molecule has 2 nitrogen and oxygen atoms in total. The van der Waals surface area contributed by atoms with E-state index in [1.807, 2.05) is 6.07 Å². The van der Waals surface area contributed by atoms with Gasteiger partial charge in [0.2, 0.25) is 5.91 Å². The van der Waals surface area contributed by atoms with E-state index in [0.29, 0.717) is 29.4 Å². The summed E-state index contributed by atoms with van der Waals surface area (Å²) in [6, 6.07) is 13.1. The topological polar surface area (TPSA) is 29.1 Å². The van der Waals surface area contributed by atoms with Crippen molar-refractivity contribution in [2.75, 3.05) is 6.54 Å². The summed E-state index contributed by atoms with van der Waals surface area (Å²) in [4.78, 5) is 11.8. The molecule has 2 rings (SSSR count). The van der Waals surface area contributed by atoms with Crippen molar-refractivity contribution < 1.29 is 9.18 Å². The van der Waals surface area contributed by atoms with E-state index in [-0.39, 0.29) is 11.7 Å². The molecule has 2 aromatic carbocycles.